The summed E-state index contributed by atoms with van der Waals surface area (Å²) in [6, 6.07) is 0. The van der Waals surface area contributed by atoms with Crippen molar-refractivity contribution in [3.63, 3.8) is 0 Å². The zero-order valence-electron chi connectivity index (χ0n) is 10.6. The van der Waals surface area contributed by atoms with Crippen molar-refractivity contribution >= 4 is 0 Å². The first-order valence-electron chi connectivity index (χ1n) is 6.69. The Labute approximate surface area is 94.6 Å². The second kappa shape index (κ2) is 4.45. The molecule has 2 bridgehead atoms. The van der Waals surface area contributed by atoms with Crippen LogP contribution in [-0.2, 0) is 4.74 Å². The molecule has 1 heteroatoms. The molecule has 2 fully saturated rings. The van der Waals surface area contributed by atoms with Crippen LogP contribution in [0, 0.1) is 17.3 Å². The molecule has 0 spiro atoms. The first kappa shape index (κ1) is 11.4. The van der Waals surface area contributed by atoms with E-state index in [0.717, 1.165) is 18.4 Å². The summed E-state index contributed by atoms with van der Waals surface area (Å²) in [4.78, 5) is 0. The molecule has 0 heterocycles. The summed E-state index contributed by atoms with van der Waals surface area (Å²) in [6.07, 6.45) is 9.17. The average molecular weight is 210 g/mol. The third-order valence-electron chi connectivity index (χ3n) is 4.22. The molecular formula is C14H26O. The molecule has 0 aromatic heterocycles. The van der Waals surface area contributed by atoms with E-state index in [1.807, 2.05) is 0 Å². The molecule has 2 atom stereocenters. The first-order chi connectivity index (χ1) is 7.07. The third-order valence-corrected chi connectivity index (χ3v) is 4.22. The Hall–Kier alpha value is -0.0400. The fraction of sp³-hybridized carbons (Fsp3) is 1.00. The van der Waals surface area contributed by atoms with Crippen molar-refractivity contribution < 1.29 is 4.74 Å². The summed E-state index contributed by atoms with van der Waals surface area (Å²) in [6.45, 7) is 7.72. The van der Waals surface area contributed by atoms with Crippen LogP contribution >= 0.6 is 0 Å². The topological polar surface area (TPSA) is 9.23 Å². The Kier molecular flexibility index (Phi) is 3.39. The fourth-order valence-corrected chi connectivity index (χ4v) is 3.74. The van der Waals surface area contributed by atoms with E-state index >= 15 is 0 Å². The molecule has 2 saturated carbocycles. The lowest BCUT2D eigenvalue weighted by Gasteiger charge is -2.45. The number of rotatable bonds is 3. The lowest BCUT2D eigenvalue weighted by Crippen LogP contribution is -2.37. The highest BCUT2D eigenvalue weighted by molar-refractivity contribution is 4.90. The normalized spacial score (nSPS) is 40.8. The molecule has 0 amide bonds. The van der Waals surface area contributed by atoms with Gasteiger partial charge in [-0.25, -0.2) is 0 Å². The smallest absolute Gasteiger partial charge is 0.0523 e. The van der Waals surface area contributed by atoms with Gasteiger partial charge in [-0.3, -0.25) is 0 Å². The summed E-state index contributed by atoms with van der Waals surface area (Å²) in [7, 11) is 0. The molecule has 0 aromatic rings. The monoisotopic (exact) mass is 210 g/mol. The van der Waals surface area contributed by atoms with E-state index < -0.39 is 0 Å². The maximum atomic E-state index is 5.85. The molecular weight excluding hydrogens is 184 g/mol. The minimum atomic E-state index is 0.392. The van der Waals surface area contributed by atoms with Crippen molar-refractivity contribution in [2.45, 2.75) is 65.4 Å². The molecule has 15 heavy (non-hydrogen) atoms. The highest BCUT2D eigenvalue weighted by Gasteiger charge is 2.39. The number of hydrogen-bond acceptors (Lipinski definition) is 1. The molecule has 2 aliphatic rings. The molecule has 0 aromatic carbocycles. The van der Waals surface area contributed by atoms with Gasteiger partial charge in [0.1, 0.15) is 0 Å². The minimum Gasteiger partial charge on any atom is -0.378 e. The lowest BCUT2D eigenvalue weighted by molar-refractivity contribution is -0.0355. The van der Waals surface area contributed by atoms with Crippen LogP contribution in [0.1, 0.15) is 59.3 Å². The largest absolute Gasteiger partial charge is 0.378 e. The minimum absolute atomic E-state index is 0.392. The molecule has 0 saturated heterocycles. The Morgan fingerprint density at radius 1 is 1.20 bits per heavy atom. The zero-order valence-corrected chi connectivity index (χ0v) is 10.6. The van der Waals surface area contributed by atoms with E-state index in [0.29, 0.717) is 11.5 Å². The maximum absolute atomic E-state index is 5.85. The van der Waals surface area contributed by atoms with E-state index in [1.165, 1.54) is 38.5 Å². The van der Waals surface area contributed by atoms with Gasteiger partial charge in [0.25, 0.3) is 0 Å². The molecule has 88 valence electrons. The van der Waals surface area contributed by atoms with Crippen molar-refractivity contribution in [2.75, 3.05) is 6.61 Å². The predicted octanol–water partition coefficient (Wildman–Crippen LogP) is 4.02. The van der Waals surface area contributed by atoms with E-state index in [4.69, 9.17) is 4.74 Å². The van der Waals surface area contributed by atoms with Crippen LogP contribution in [0.4, 0.5) is 0 Å². The molecule has 1 nitrogen and oxygen atoms in total. The van der Waals surface area contributed by atoms with Crippen molar-refractivity contribution in [3.05, 3.63) is 0 Å². The highest BCUT2D eigenvalue weighted by atomic mass is 16.5. The van der Waals surface area contributed by atoms with E-state index in [9.17, 15) is 0 Å². The number of hydrogen-bond donors (Lipinski definition) is 0. The van der Waals surface area contributed by atoms with Crippen LogP contribution in [0.2, 0.25) is 0 Å². The fourth-order valence-electron chi connectivity index (χ4n) is 3.74. The summed E-state index contributed by atoms with van der Waals surface area (Å²) in [5.74, 6) is 2.02. The number of fused-ring (bicyclic) bond motifs is 2. The van der Waals surface area contributed by atoms with Gasteiger partial charge in [0.05, 0.1) is 12.7 Å². The third kappa shape index (κ3) is 2.96. The SMILES string of the molecule is CC(C)OCC1(C)CC2CCCC(C2)C1. The van der Waals surface area contributed by atoms with Gasteiger partial charge < -0.3 is 4.74 Å². The maximum Gasteiger partial charge on any atom is 0.0523 e. The summed E-state index contributed by atoms with van der Waals surface area (Å²) in [5.41, 5.74) is 0.484. The summed E-state index contributed by atoms with van der Waals surface area (Å²) >= 11 is 0. The lowest BCUT2D eigenvalue weighted by atomic mass is 9.62. The van der Waals surface area contributed by atoms with Crippen molar-refractivity contribution in [3.8, 4) is 0 Å². The second-order valence-electron chi connectivity index (χ2n) is 6.48. The van der Waals surface area contributed by atoms with E-state index in [-0.39, 0.29) is 0 Å². The Bertz CT molecular complexity index is 197. The molecule has 0 N–H and O–H groups in total. The summed E-state index contributed by atoms with van der Waals surface area (Å²) < 4.78 is 5.85. The van der Waals surface area contributed by atoms with Crippen molar-refractivity contribution in [1.29, 1.82) is 0 Å². The van der Waals surface area contributed by atoms with Gasteiger partial charge >= 0.3 is 0 Å². The van der Waals surface area contributed by atoms with Crippen LogP contribution in [0.5, 0.6) is 0 Å². The standard InChI is InChI=1S/C14H26O/c1-11(2)15-10-14(3)8-12-5-4-6-13(7-12)9-14/h11-13H,4-10H2,1-3H3. The van der Waals surface area contributed by atoms with Gasteiger partial charge in [-0.2, -0.15) is 0 Å². The second-order valence-corrected chi connectivity index (χ2v) is 6.48. The van der Waals surface area contributed by atoms with Crippen molar-refractivity contribution in [2.24, 2.45) is 17.3 Å². The van der Waals surface area contributed by atoms with Crippen LogP contribution in [0.15, 0.2) is 0 Å². The molecule has 2 aliphatic carbocycles. The van der Waals surface area contributed by atoms with E-state index in [2.05, 4.69) is 20.8 Å². The van der Waals surface area contributed by atoms with Gasteiger partial charge in [0, 0.05) is 0 Å². The quantitative estimate of drug-likeness (QED) is 0.683. The van der Waals surface area contributed by atoms with Crippen LogP contribution in [0.25, 0.3) is 0 Å². The van der Waals surface area contributed by atoms with Crippen LogP contribution in [-0.4, -0.2) is 12.7 Å². The van der Waals surface area contributed by atoms with Gasteiger partial charge in [-0.15, -0.1) is 0 Å². The van der Waals surface area contributed by atoms with Crippen LogP contribution in [0.3, 0.4) is 0 Å². The van der Waals surface area contributed by atoms with Crippen LogP contribution < -0.4 is 0 Å². The molecule has 2 rings (SSSR count). The van der Waals surface area contributed by atoms with Gasteiger partial charge in [0.2, 0.25) is 0 Å². The highest BCUT2D eigenvalue weighted by Crippen LogP contribution is 2.48. The Morgan fingerprint density at radius 3 is 2.33 bits per heavy atom. The predicted molar refractivity (Wildman–Crippen MR) is 63.9 cm³/mol. The summed E-state index contributed by atoms with van der Waals surface area (Å²) in [5, 5.41) is 0. The van der Waals surface area contributed by atoms with Gasteiger partial charge in [-0.1, -0.05) is 26.2 Å². The molecule has 0 aliphatic heterocycles. The first-order valence-corrected chi connectivity index (χ1v) is 6.69. The van der Waals surface area contributed by atoms with Crippen molar-refractivity contribution in [1.82, 2.24) is 0 Å². The Morgan fingerprint density at radius 2 is 1.80 bits per heavy atom. The van der Waals surface area contributed by atoms with Gasteiger partial charge in [-0.05, 0) is 50.4 Å². The molecule has 0 radical (unpaired) electrons. The zero-order chi connectivity index (χ0) is 10.9. The molecule has 2 unspecified atom stereocenters. The Balaban J connectivity index is 1.90. The number of ether oxygens (including phenoxy) is 1. The van der Waals surface area contributed by atoms with E-state index in [1.54, 1.807) is 0 Å². The average Bonchev–Trinajstić information content (AvgIpc) is 2.14. The van der Waals surface area contributed by atoms with Gasteiger partial charge in [0.15, 0.2) is 0 Å².